The molecule has 6 heterocycles. The quantitative estimate of drug-likeness (QED) is 0.0778. The summed E-state index contributed by atoms with van der Waals surface area (Å²) in [5, 5.41) is 3.22. The minimum atomic E-state index is 0.0301. The molecule has 1 N–H and O–H groups in total. The van der Waals surface area contributed by atoms with Gasteiger partial charge in [0.2, 0.25) is 5.91 Å². The summed E-state index contributed by atoms with van der Waals surface area (Å²) in [6, 6.07) is 3.93. The number of nitrogens with zero attached hydrogens (tertiary/aromatic N) is 7. The highest BCUT2D eigenvalue weighted by molar-refractivity contribution is 5.73. The van der Waals surface area contributed by atoms with E-state index < -0.39 is 0 Å². The summed E-state index contributed by atoms with van der Waals surface area (Å²) in [7, 11) is 8.59. The lowest BCUT2D eigenvalue weighted by atomic mass is 10.0. The Morgan fingerprint density at radius 2 is 0.861 bits per heavy atom. The van der Waals surface area contributed by atoms with Gasteiger partial charge in [-0.1, -0.05) is 134 Å². The van der Waals surface area contributed by atoms with Crippen molar-refractivity contribution in [2.45, 2.75) is 288 Å². The number of hydrogen-bond donors (Lipinski definition) is 1. The Kier molecular flexibility index (Phi) is 57.0. The van der Waals surface area contributed by atoms with Crippen LogP contribution in [0, 0.1) is 11.8 Å². The van der Waals surface area contributed by atoms with Crippen molar-refractivity contribution in [1.29, 1.82) is 0 Å². The second kappa shape index (κ2) is 55.3. The number of nitrogens with one attached hydrogen (secondary N) is 1. The van der Waals surface area contributed by atoms with Crippen molar-refractivity contribution in [2.75, 3.05) is 113 Å². The van der Waals surface area contributed by atoms with Crippen LogP contribution in [0.25, 0.3) is 0 Å². The Morgan fingerprint density at radius 3 is 1.14 bits per heavy atom. The van der Waals surface area contributed by atoms with Gasteiger partial charge < -0.3 is 39.3 Å². The van der Waals surface area contributed by atoms with Crippen LogP contribution in [0.3, 0.4) is 0 Å². The second-order valence-electron chi connectivity index (χ2n) is 23.9. The monoisotopic (exact) mass is 1130 g/mol. The van der Waals surface area contributed by atoms with Crippen molar-refractivity contribution in [2.24, 2.45) is 11.8 Å². The number of piperazine rings is 2. The molecule has 13 nitrogen and oxygen atoms in total. The molecule has 6 saturated heterocycles. The van der Waals surface area contributed by atoms with Crippen LogP contribution in [-0.2, 0) is 23.9 Å². The molecule has 0 aromatic heterocycles. The summed E-state index contributed by atoms with van der Waals surface area (Å²) >= 11 is 0. The molecule has 0 aromatic carbocycles. The number of carbonyl (C=O) groups is 3. The molecule has 6 fully saturated rings. The maximum absolute atomic E-state index is 11.1. The average Bonchev–Trinajstić information content (AvgIpc) is 3.66. The highest BCUT2D eigenvalue weighted by atomic mass is 16.5. The van der Waals surface area contributed by atoms with Crippen LogP contribution in [0.1, 0.15) is 246 Å². The lowest BCUT2D eigenvalue weighted by molar-refractivity contribution is -0.132. The van der Waals surface area contributed by atoms with Gasteiger partial charge in [-0.25, -0.2) is 0 Å². The van der Waals surface area contributed by atoms with E-state index in [1.165, 1.54) is 187 Å². The molecule has 6 rings (SSSR count). The van der Waals surface area contributed by atoms with Crippen LogP contribution in [0.15, 0.2) is 0 Å². The van der Waals surface area contributed by atoms with E-state index in [9.17, 15) is 14.4 Å². The molecule has 0 aliphatic carbocycles. The minimum absolute atomic E-state index is 0.0301. The van der Waals surface area contributed by atoms with Gasteiger partial charge in [0.1, 0.15) is 0 Å². The number of carbonyl (C=O) groups excluding carboxylic acids is 3. The molecule has 474 valence electrons. The standard InChI is InChI=1S/C14H29N3.C14H29N.C13H26N2.C10H20N2O.2C4H8O2.C3H8.2C2H6/c1-15-9-5-3-4-6-10-17-11-13-7-8-14(12-17)16(13)2;1-4-5-6-7-10-15-11-13(2)8-9-14(3)12-15;1-3-4-5-6-9-15-10-12-7-8-13(11-15)14(12)2;1-4-12-7-5-10(6-8-12)11(3)9(2)13;2*1-4(2)6-3-5;1-3-2;2*1-2/h13-15H,3-12H2,1-2H3;13-14H,4-12H2,1-3H3;12-13H,3-11H2,1-2H3;10H,4-8H2,1-3H3;2*3-4H,1-2H3;3H2,1-2H3;2*1-2H3. The van der Waals surface area contributed by atoms with Crippen molar-refractivity contribution < 1.29 is 23.9 Å². The first-order chi connectivity index (χ1) is 37.9. The first-order valence-corrected chi connectivity index (χ1v) is 33.3. The average molecular weight is 1130 g/mol. The molecule has 6 aliphatic rings. The topological polar surface area (TPSA) is 104 Å². The number of amides is 1. The fraction of sp³-hybridized carbons (Fsp3) is 0.955. The van der Waals surface area contributed by atoms with E-state index in [0.717, 1.165) is 68.5 Å². The van der Waals surface area contributed by atoms with Gasteiger partial charge in [-0.15, -0.1) is 0 Å². The number of likely N-dealkylation sites (tertiary alicyclic amines) is 4. The van der Waals surface area contributed by atoms with Crippen LogP contribution in [0.2, 0.25) is 0 Å². The molecule has 13 heteroatoms. The maximum atomic E-state index is 11.1. The van der Waals surface area contributed by atoms with Gasteiger partial charge in [-0.3, -0.25) is 24.2 Å². The third-order valence-electron chi connectivity index (χ3n) is 16.1. The Morgan fingerprint density at radius 1 is 0.532 bits per heavy atom. The number of piperidine rings is 1. The summed E-state index contributed by atoms with van der Waals surface area (Å²) in [5.74, 6) is 2.03. The molecular weight excluding hydrogens is 985 g/mol. The summed E-state index contributed by atoms with van der Waals surface area (Å²) in [5.41, 5.74) is 0. The Labute approximate surface area is 493 Å². The molecule has 6 aliphatic heterocycles. The number of rotatable bonds is 23. The smallest absolute Gasteiger partial charge is 0.293 e. The molecular formula is C66H140N8O5. The van der Waals surface area contributed by atoms with E-state index in [4.69, 9.17) is 0 Å². The number of ether oxygens (including phenoxy) is 2. The van der Waals surface area contributed by atoms with E-state index in [1.54, 1.807) is 34.6 Å². The first kappa shape index (κ1) is 81.3. The summed E-state index contributed by atoms with van der Waals surface area (Å²) in [6.45, 7) is 50.2. The van der Waals surface area contributed by atoms with Crippen molar-refractivity contribution in [3.8, 4) is 0 Å². The van der Waals surface area contributed by atoms with Crippen molar-refractivity contribution in [3.05, 3.63) is 0 Å². The Balaban J connectivity index is -0.000000882. The normalized spacial score (nSPS) is 23.1. The lowest BCUT2D eigenvalue weighted by Gasteiger charge is -2.38. The van der Waals surface area contributed by atoms with Gasteiger partial charge in [0.15, 0.2) is 0 Å². The van der Waals surface area contributed by atoms with Gasteiger partial charge in [-0.05, 0) is 170 Å². The third-order valence-corrected chi connectivity index (χ3v) is 16.1. The second-order valence-corrected chi connectivity index (χ2v) is 23.9. The van der Waals surface area contributed by atoms with Crippen LogP contribution in [-0.4, -0.2) is 209 Å². The van der Waals surface area contributed by atoms with Gasteiger partial charge in [-0.2, -0.15) is 0 Å². The maximum Gasteiger partial charge on any atom is 0.293 e. The van der Waals surface area contributed by atoms with Gasteiger partial charge in [0.05, 0.1) is 12.2 Å². The van der Waals surface area contributed by atoms with E-state index >= 15 is 0 Å². The zero-order chi connectivity index (χ0) is 60.4. The van der Waals surface area contributed by atoms with E-state index in [-0.39, 0.29) is 18.1 Å². The number of likely N-dealkylation sites (N-methyl/N-ethyl adjacent to an activating group) is 2. The molecule has 0 radical (unpaired) electrons. The fourth-order valence-corrected chi connectivity index (χ4v) is 11.3. The highest BCUT2D eigenvalue weighted by Gasteiger charge is 2.38. The molecule has 6 unspecified atom stereocenters. The first-order valence-electron chi connectivity index (χ1n) is 33.3. The highest BCUT2D eigenvalue weighted by Crippen LogP contribution is 2.29. The number of fused-ring (bicyclic) bond motifs is 4. The van der Waals surface area contributed by atoms with Crippen LogP contribution < -0.4 is 5.32 Å². The summed E-state index contributed by atoms with van der Waals surface area (Å²) < 4.78 is 8.72. The lowest BCUT2D eigenvalue weighted by Crippen LogP contribution is -2.51. The van der Waals surface area contributed by atoms with Crippen LogP contribution >= 0.6 is 0 Å². The molecule has 0 saturated carbocycles. The molecule has 4 bridgehead atoms. The van der Waals surface area contributed by atoms with E-state index in [0.29, 0.717) is 19.0 Å². The van der Waals surface area contributed by atoms with Gasteiger partial charge in [0.25, 0.3) is 12.9 Å². The molecule has 0 spiro atoms. The molecule has 0 aromatic rings. The van der Waals surface area contributed by atoms with Gasteiger partial charge in [0, 0.05) is 96.5 Å². The van der Waals surface area contributed by atoms with Crippen LogP contribution in [0.5, 0.6) is 0 Å². The Hall–Kier alpha value is -1.87. The largest absolute Gasteiger partial charge is 0.465 e. The van der Waals surface area contributed by atoms with Crippen molar-refractivity contribution in [3.63, 3.8) is 0 Å². The SMILES string of the molecule is CC.CC.CC(C)OC=O.CC(C)OC=O.CCC.CCCCCCN1CC(C)CCC(C)C1.CCCCCCN1CC2CCC(C1)N2C.CCN1CCC(N(C)C(C)=O)CC1.CNCCCCCCN1CC2CCC(C1)N2C. The number of hydrogen-bond acceptors (Lipinski definition) is 12. The van der Waals surface area contributed by atoms with Crippen molar-refractivity contribution in [1.82, 2.24) is 39.6 Å². The molecule has 79 heavy (non-hydrogen) atoms. The zero-order valence-electron chi connectivity index (χ0n) is 56.6. The summed E-state index contributed by atoms with van der Waals surface area (Å²) in [6.07, 6.45) is 28.9. The number of unbranched alkanes of at least 4 members (excludes halogenated alkanes) is 9. The predicted molar refractivity (Wildman–Crippen MR) is 344 cm³/mol. The fourth-order valence-electron chi connectivity index (χ4n) is 11.3. The third kappa shape index (κ3) is 42.6. The van der Waals surface area contributed by atoms with E-state index in [1.807, 2.05) is 46.7 Å². The minimum Gasteiger partial charge on any atom is -0.465 e. The predicted octanol–water partition coefficient (Wildman–Crippen LogP) is 13.4. The molecule has 1 amide bonds. The van der Waals surface area contributed by atoms with E-state index in [2.05, 4.69) is 107 Å². The summed E-state index contributed by atoms with van der Waals surface area (Å²) in [4.78, 5) is 47.6. The van der Waals surface area contributed by atoms with Gasteiger partial charge >= 0.3 is 0 Å². The molecule has 6 atom stereocenters. The zero-order valence-corrected chi connectivity index (χ0v) is 56.6. The van der Waals surface area contributed by atoms with Crippen molar-refractivity contribution >= 4 is 18.9 Å². The van der Waals surface area contributed by atoms with Crippen LogP contribution in [0.4, 0.5) is 0 Å². The Bertz CT molecular complexity index is 1270.